The lowest BCUT2D eigenvalue weighted by Crippen LogP contribution is -2.47. The maximum atomic E-state index is 12.8. The van der Waals surface area contributed by atoms with Crippen LogP contribution in [0.25, 0.3) is 0 Å². The first-order chi connectivity index (χ1) is 13.5. The quantitative estimate of drug-likeness (QED) is 0.531. The van der Waals surface area contributed by atoms with Gasteiger partial charge in [-0.1, -0.05) is 25.8 Å². The molecule has 1 N–H and O–H groups in total. The third-order valence-corrected chi connectivity index (χ3v) is 7.22. The number of rotatable bonds is 8. The number of nitrogens with one attached hydrogen (secondary N) is 1. The first-order valence-electron chi connectivity index (χ1n) is 10.2. The number of allylic oxidation sites excluding steroid dienone is 2. The molecule has 8 heteroatoms. The van der Waals surface area contributed by atoms with Crippen molar-refractivity contribution in [3.63, 3.8) is 0 Å². The van der Waals surface area contributed by atoms with Gasteiger partial charge >= 0.3 is 0 Å². The molecule has 1 fully saturated rings. The molecule has 7 nitrogen and oxygen atoms in total. The summed E-state index contributed by atoms with van der Waals surface area (Å²) >= 11 is 0. The van der Waals surface area contributed by atoms with E-state index in [1.165, 1.54) is 35.3 Å². The number of hydrogen-bond donors (Lipinski definition) is 1. The van der Waals surface area contributed by atoms with Crippen molar-refractivity contribution in [1.29, 1.82) is 0 Å². The Morgan fingerprint density at radius 2 is 1.96 bits per heavy atom. The lowest BCUT2D eigenvalue weighted by Gasteiger charge is -2.31. The minimum atomic E-state index is -3.48. The molecule has 1 aliphatic carbocycles. The predicted molar refractivity (Wildman–Crippen MR) is 113 cm³/mol. The molecule has 3 rings (SSSR count). The van der Waals surface area contributed by atoms with Crippen molar-refractivity contribution >= 4 is 21.6 Å². The number of anilines is 1. The van der Waals surface area contributed by atoms with E-state index in [1.54, 1.807) is 12.1 Å². The molecule has 1 aromatic rings. The van der Waals surface area contributed by atoms with Gasteiger partial charge in [0.25, 0.3) is 0 Å². The largest absolute Gasteiger partial charge is 0.304 e. The van der Waals surface area contributed by atoms with Gasteiger partial charge in [0.05, 0.1) is 5.71 Å². The first-order valence-corrected chi connectivity index (χ1v) is 11.6. The number of hydrazone groups is 1. The Morgan fingerprint density at radius 1 is 1.18 bits per heavy atom. The van der Waals surface area contributed by atoms with Crippen LogP contribution in [0.3, 0.4) is 0 Å². The third-order valence-electron chi connectivity index (χ3n) is 5.33. The Kier molecular flexibility index (Phi) is 7.20. The molecule has 1 aliphatic heterocycles. The van der Waals surface area contributed by atoms with Crippen LogP contribution >= 0.6 is 0 Å². The standard InChI is InChI=1S/C20H31N5O2S/c1-3-4-5-7-17-8-6-9-19(17)22-23-20-11-10-18(16-21-20)28(26,27)25-14-12-24(2)13-15-25/h8,10-11,16H,3-7,9,12-15H2,1-2H3,(H,21,23)/b22-19-. The van der Waals surface area contributed by atoms with Crippen LogP contribution in [0.5, 0.6) is 0 Å². The lowest BCUT2D eigenvalue weighted by atomic mass is 10.1. The van der Waals surface area contributed by atoms with Crippen LogP contribution in [-0.2, 0) is 10.0 Å². The summed E-state index contributed by atoms with van der Waals surface area (Å²) in [5, 5.41) is 4.51. The summed E-state index contributed by atoms with van der Waals surface area (Å²) in [6, 6.07) is 3.29. The Hall–Kier alpha value is -1.77. The first kappa shape index (κ1) is 21.0. The summed E-state index contributed by atoms with van der Waals surface area (Å²) in [6.45, 7) is 4.73. The molecule has 2 aliphatic rings. The Morgan fingerprint density at radius 3 is 2.64 bits per heavy atom. The summed E-state index contributed by atoms with van der Waals surface area (Å²) in [5.41, 5.74) is 5.41. The molecule has 0 aromatic carbocycles. The van der Waals surface area contributed by atoms with E-state index in [0.717, 1.165) is 38.1 Å². The van der Waals surface area contributed by atoms with E-state index in [0.29, 0.717) is 18.9 Å². The number of likely N-dealkylation sites (N-methyl/N-ethyl adjacent to an activating group) is 1. The third kappa shape index (κ3) is 5.18. The van der Waals surface area contributed by atoms with Crippen molar-refractivity contribution in [2.24, 2.45) is 5.10 Å². The van der Waals surface area contributed by atoms with E-state index >= 15 is 0 Å². The number of nitrogens with zero attached hydrogens (tertiary/aromatic N) is 4. The molecule has 0 saturated carbocycles. The van der Waals surface area contributed by atoms with E-state index in [-0.39, 0.29) is 4.90 Å². The highest BCUT2D eigenvalue weighted by Gasteiger charge is 2.27. The molecule has 0 spiro atoms. The van der Waals surface area contributed by atoms with Gasteiger partial charge in [0, 0.05) is 32.4 Å². The number of pyridine rings is 1. The van der Waals surface area contributed by atoms with Crippen LogP contribution in [0, 0.1) is 0 Å². The SMILES string of the molecule is CCCCCC1=CCC/C1=N/Nc1ccc(S(=O)(=O)N2CCN(C)CC2)cn1. The van der Waals surface area contributed by atoms with Crippen LogP contribution in [0.4, 0.5) is 5.82 Å². The zero-order valence-corrected chi connectivity index (χ0v) is 17.7. The minimum absolute atomic E-state index is 0.233. The van der Waals surface area contributed by atoms with Crippen LogP contribution in [-0.4, -0.2) is 61.5 Å². The number of hydrogen-bond acceptors (Lipinski definition) is 6. The molecular weight excluding hydrogens is 374 g/mol. The second-order valence-corrected chi connectivity index (χ2v) is 9.42. The molecule has 1 aromatic heterocycles. The maximum Gasteiger partial charge on any atom is 0.244 e. The van der Waals surface area contributed by atoms with Gasteiger partial charge < -0.3 is 4.90 Å². The normalized spacial score (nSPS) is 20.5. The van der Waals surface area contributed by atoms with E-state index in [9.17, 15) is 8.42 Å². The smallest absolute Gasteiger partial charge is 0.244 e. The van der Waals surface area contributed by atoms with Gasteiger partial charge in [0.15, 0.2) is 0 Å². The number of aromatic nitrogens is 1. The van der Waals surface area contributed by atoms with Gasteiger partial charge in [-0.2, -0.15) is 9.41 Å². The molecule has 0 radical (unpaired) electrons. The number of unbranched alkanes of at least 4 members (excludes halogenated alkanes) is 2. The fraction of sp³-hybridized carbons (Fsp3) is 0.600. The van der Waals surface area contributed by atoms with Crippen molar-refractivity contribution in [2.75, 3.05) is 38.7 Å². The zero-order chi connectivity index (χ0) is 20.0. The molecule has 154 valence electrons. The van der Waals surface area contributed by atoms with Crippen molar-refractivity contribution in [3.8, 4) is 0 Å². The maximum absolute atomic E-state index is 12.8. The Labute approximate surface area is 168 Å². The van der Waals surface area contributed by atoms with Crippen molar-refractivity contribution in [2.45, 2.75) is 50.3 Å². The van der Waals surface area contributed by atoms with Gasteiger partial charge in [0.2, 0.25) is 10.0 Å². The molecule has 2 heterocycles. The van der Waals surface area contributed by atoms with Gasteiger partial charge in [-0.25, -0.2) is 13.4 Å². The highest BCUT2D eigenvalue weighted by atomic mass is 32.2. The molecule has 0 amide bonds. The molecule has 0 atom stereocenters. The molecular formula is C20H31N5O2S. The van der Waals surface area contributed by atoms with Gasteiger partial charge in [-0.05, 0) is 50.4 Å². The summed E-state index contributed by atoms with van der Waals surface area (Å²) in [4.78, 5) is 6.62. The highest BCUT2D eigenvalue weighted by Crippen LogP contribution is 2.22. The van der Waals surface area contributed by atoms with E-state index in [1.807, 2.05) is 7.05 Å². The molecule has 1 saturated heterocycles. The van der Waals surface area contributed by atoms with Gasteiger partial charge in [0.1, 0.15) is 10.7 Å². The highest BCUT2D eigenvalue weighted by molar-refractivity contribution is 7.89. The monoisotopic (exact) mass is 405 g/mol. The van der Waals surface area contributed by atoms with Crippen LogP contribution in [0.1, 0.15) is 45.4 Å². The second-order valence-electron chi connectivity index (χ2n) is 7.48. The summed E-state index contributed by atoms with van der Waals surface area (Å²) in [7, 11) is -1.48. The second kappa shape index (κ2) is 9.62. The van der Waals surface area contributed by atoms with Gasteiger partial charge in [-0.15, -0.1) is 0 Å². The fourth-order valence-corrected chi connectivity index (χ4v) is 4.87. The topological polar surface area (TPSA) is 77.9 Å². The average Bonchev–Trinajstić information content (AvgIpc) is 3.15. The van der Waals surface area contributed by atoms with E-state index in [4.69, 9.17) is 0 Å². The van der Waals surface area contributed by atoms with Crippen molar-refractivity contribution in [3.05, 3.63) is 30.0 Å². The minimum Gasteiger partial charge on any atom is -0.304 e. The lowest BCUT2D eigenvalue weighted by molar-refractivity contribution is 0.222. The van der Waals surface area contributed by atoms with Gasteiger partial charge in [-0.3, -0.25) is 5.43 Å². The summed E-state index contributed by atoms with van der Waals surface area (Å²) in [6.07, 6.45) is 10.4. The van der Waals surface area contributed by atoms with Crippen LogP contribution in [0.2, 0.25) is 0 Å². The summed E-state index contributed by atoms with van der Waals surface area (Å²) in [5.74, 6) is 0.560. The van der Waals surface area contributed by atoms with E-state index in [2.05, 4.69) is 33.4 Å². The number of piperazine rings is 1. The Balaban J connectivity index is 1.61. The van der Waals surface area contributed by atoms with Crippen molar-refractivity contribution < 1.29 is 8.42 Å². The van der Waals surface area contributed by atoms with Crippen LogP contribution < -0.4 is 5.43 Å². The molecule has 28 heavy (non-hydrogen) atoms. The average molecular weight is 406 g/mol. The summed E-state index contributed by atoms with van der Waals surface area (Å²) < 4.78 is 27.0. The fourth-order valence-electron chi connectivity index (χ4n) is 3.50. The zero-order valence-electron chi connectivity index (χ0n) is 16.9. The van der Waals surface area contributed by atoms with E-state index < -0.39 is 10.0 Å². The number of sulfonamides is 1. The Bertz CT molecular complexity index is 810. The van der Waals surface area contributed by atoms with Crippen LogP contribution in [0.15, 0.2) is 40.0 Å². The molecule has 0 bridgehead atoms. The van der Waals surface area contributed by atoms with Crippen molar-refractivity contribution in [1.82, 2.24) is 14.2 Å². The predicted octanol–water partition coefficient (Wildman–Crippen LogP) is 3.09. The molecule has 0 unspecified atom stereocenters.